The lowest BCUT2D eigenvalue weighted by molar-refractivity contribution is 0.0600. The molecular weight excluding hydrogens is 368 g/mol. The van der Waals surface area contributed by atoms with Gasteiger partial charge >= 0.3 is 5.97 Å². The molecule has 1 aliphatic rings. The van der Waals surface area contributed by atoms with Gasteiger partial charge < -0.3 is 9.64 Å². The minimum atomic E-state index is -3.75. The molecule has 0 atom stereocenters. The summed E-state index contributed by atoms with van der Waals surface area (Å²) in [5.74, 6) is -0.942. The second-order valence-corrected chi connectivity index (χ2v) is 8.58. The maximum Gasteiger partial charge on any atom is 0.337 e. The predicted octanol–water partition coefficient (Wildman–Crippen LogP) is 2.52. The van der Waals surface area contributed by atoms with Gasteiger partial charge in [-0.3, -0.25) is 4.79 Å². The number of sulfonamides is 1. The summed E-state index contributed by atoms with van der Waals surface area (Å²) in [6.45, 7) is 6.00. The average Bonchev–Trinajstić information content (AvgIpc) is 3.22. The molecule has 8 heteroatoms. The Kier molecular flexibility index (Phi) is 7.38. The molecule has 0 saturated carbocycles. The van der Waals surface area contributed by atoms with E-state index in [1.54, 1.807) is 4.90 Å². The van der Waals surface area contributed by atoms with Crippen LogP contribution in [0.1, 0.15) is 60.2 Å². The smallest absolute Gasteiger partial charge is 0.337 e. The first kappa shape index (κ1) is 21.4. The number of carbonyl (C=O) groups excluding carboxylic acids is 2. The normalized spacial score (nSPS) is 14.9. The molecule has 0 N–H and O–H groups in total. The van der Waals surface area contributed by atoms with Crippen LogP contribution in [0.15, 0.2) is 23.1 Å². The van der Waals surface area contributed by atoms with Crippen LogP contribution in [0.3, 0.4) is 0 Å². The molecule has 1 heterocycles. The third-order valence-corrected chi connectivity index (χ3v) is 6.43. The second kappa shape index (κ2) is 9.32. The van der Waals surface area contributed by atoms with Gasteiger partial charge in [-0.2, -0.15) is 4.31 Å². The Morgan fingerprint density at radius 2 is 1.59 bits per heavy atom. The van der Waals surface area contributed by atoms with Crippen molar-refractivity contribution in [2.24, 2.45) is 0 Å². The summed E-state index contributed by atoms with van der Waals surface area (Å²) in [5.41, 5.74) is 0.256. The summed E-state index contributed by atoms with van der Waals surface area (Å²) >= 11 is 0. The molecule has 7 nitrogen and oxygen atoms in total. The molecule has 0 radical (unpaired) electrons. The van der Waals surface area contributed by atoms with Crippen molar-refractivity contribution in [1.82, 2.24) is 9.21 Å². The van der Waals surface area contributed by atoms with Gasteiger partial charge in [-0.25, -0.2) is 13.2 Å². The first-order valence-electron chi connectivity index (χ1n) is 9.38. The molecule has 0 bridgehead atoms. The zero-order valence-electron chi connectivity index (χ0n) is 16.2. The lowest BCUT2D eigenvalue weighted by atomic mass is 10.1. The van der Waals surface area contributed by atoms with E-state index in [-0.39, 0.29) is 21.9 Å². The lowest BCUT2D eigenvalue weighted by Crippen LogP contribution is -2.33. The minimum Gasteiger partial charge on any atom is -0.465 e. The number of ether oxygens (including phenoxy) is 1. The summed E-state index contributed by atoms with van der Waals surface area (Å²) in [4.78, 5) is 26.7. The molecule has 0 spiro atoms. The van der Waals surface area contributed by atoms with Gasteiger partial charge in [0.15, 0.2) is 0 Å². The zero-order valence-corrected chi connectivity index (χ0v) is 17.0. The number of methoxy groups -OCH3 is 1. The SMILES string of the molecule is CCCN(CCC)C(=O)c1cc(C(=O)OC)cc(S(=O)(=O)N2CCCC2)c1. The largest absolute Gasteiger partial charge is 0.465 e. The fraction of sp³-hybridized carbons (Fsp3) is 0.579. The van der Waals surface area contributed by atoms with E-state index in [2.05, 4.69) is 0 Å². The van der Waals surface area contributed by atoms with E-state index in [1.165, 1.54) is 29.6 Å². The quantitative estimate of drug-likeness (QED) is 0.631. The van der Waals surface area contributed by atoms with Crippen LogP contribution in [0.25, 0.3) is 0 Å². The van der Waals surface area contributed by atoms with Crippen molar-refractivity contribution in [2.45, 2.75) is 44.4 Å². The van der Waals surface area contributed by atoms with Crippen molar-refractivity contribution in [1.29, 1.82) is 0 Å². The van der Waals surface area contributed by atoms with Crippen LogP contribution in [0.2, 0.25) is 0 Å². The number of esters is 1. The standard InChI is InChI=1S/C19H28N2O5S/c1-4-8-20(9-5-2)18(22)15-12-16(19(23)26-3)14-17(13-15)27(24,25)21-10-6-7-11-21/h12-14H,4-11H2,1-3H3. The van der Waals surface area contributed by atoms with Gasteiger partial charge in [-0.05, 0) is 43.9 Å². The number of nitrogens with zero attached hydrogens (tertiary/aromatic N) is 2. The lowest BCUT2D eigenvalue weighted by Gasteiger charge is -2.22. The maximum atomic E-state index is 13.0. The maximum absolute atomic E-state index is 13.0. The van der Waals surface area contributed by atoms with E-state index in [9.17, 15) is 18.0 Å². The Labute approximate surface area is 161 Å². The highest BCUT2D eigenvalue weighted by Crippen LogP contribution is 2.24. The highest BCUT2D eigenvalue weighted by Gasteiger charge is 2.29. The predicted molar refractivity (Wildman–Crippen MR) is 102 cm³/mol. The molecular formula is C19H28N2O5S. The van der Waals surface area contributed by atoms with Gasteiger partial charge in [-0.15, -0.1) is 0 Å². The number of hydrogen-bond acceptors (Lipinski definition) is 5. The van der Waals surface area contributed by atoms with E-state index >= 15 is 0 Å². The molecule has 150 valence electrons. The Hall–Kier alpha value is -1.93. The van der Waals surface area contributed by atoms with Crippen LogP contribution in [0.4, 0.5) is 0 Å². The Morgan fingerprint density at radius 1 is 1.04 bits per heavy atom. The summed E-state index contributed by atoms with van der Waals surface area (Å²) in [6, 6.07) is 4.08. The third kappa shape index (κ3) is 4.87. The molecule has 1 aliphatic heterocycles. The number of hydrogen-bond donors (Lipinski definition) is 0. The van der Waals surface area contributed by atoms with E-state index in [0.717, 1.165) is 25.7 Å². The van der Waals surface area contributed by atoms with Crippen molar-refractivity contribution in [3.8, 4) is 0 Å². The minimum absolute atomic E-state index is 0.0383. The molecule has 2 rings (SSSR count). The second-order valence-electron chi connectivity index (χ2n) is 6.64. The monoisotopic (exact) mass is 396 g/mol. The Balaban J connectivity index is 2.51. The van der Waals surface area contributed by atoms with E-state index in [1.807, 2.05) is 13.8 Å². The van der Waals surface area contributed by atoms with Crippen LogP contribution < -0.4 is 0 Å². The van der Waals surface area contributed by atoms with Crippen LogP contribution >= 0.6 is 0 Å². The summed E-state index contributed by atoms with van der Waals surface area (Å²) in [6.07, 6.45) is 3.20. The third-order valence-electron chi connectivity index (χ3n) is 4.55. The Morgan fingerprint density at radius 3 is 2.11 bits per heavy atom. The highest BCUT2D eigenvalue weighted by atomic mass is 32.2. The molecule has 1 amide bonds. The summed E-state index contributed by atoms with van der Waals surface area (Å²) in [7, 11) is -2.53. The number of carbonyl (C=O) groups is 2. The van der Waals surface area contributed by atoms with E-state index in [0.29, 0.717) is 26.2 Å². The van der Waals surface area contributed by atoms with Crippen LogP contribution in [-0.4, -0.2) is 62.8 Å². The van der Waals surface area contributed by atoms with Gasteiger partial charge in [0.1, 0.15) is 0 Å². The average molecular weight is 397 g/mol. The zero-order chi connectivity index (χ0) is 20.0. The van der Waals surface area contributed by atoms with Crippen molar-refractivity contribution in [2.75, 3.05) is 33.3 Å². The molecule has 1 saturated heterocycles. The van der Waals surface area contributed by atoms with Crippen molar-refractivity contribution < 1.29 is 22.7 Å². The van der Waals surface area contributed by atoms with Gasteiger partial charge in [0, 0.05) is 31.7 Å². The van der Waals surface area contributed by atoms with Gasteiger partial charge in [0.2, 0.25) is 10.0 Å². The van der Waals surface area contributed by atoms with Crippen LogP contribution in [0.5, 0.6) is 0 Å². The van der Waals surface area contributed by atoms with E-state index < -0.39 is 16.0 Å². The highest BCUT2D eigenvalue weighted by molar-refractivity contribution is 7.89. The van der Waals surface area contributed by atoms with E-state index in [4.69, 9.17) is 4.74 Å². The summed E-state index contributed by atoms with van der Waals surface area (Å²) < 4.78 is 32.0. The number of benzene rings is 1. The molecule has 1 fully saturated rings. The van der Waals surface area contributed by atoms with Crippen LogP contribution in [-0.2, 0) is 14.8 Å². The fourth-order valence-electron chi connectivity index (χ4n) is 3.22. The first-order valence-corrected chi connectivity index (χ1v) is 10.8. The first-order chi connectivity index (χ1) is 12.8. The fourth-order valence-corrected chi connectivity index (χ4v) is 4.81. The molecule has 1 aromatic carbocycles. The van der Waals surface area contributed by atoms with Crippen molar-refractivity contribution >= 4 is 21.9 Å². The molecule has 0 aromatic heterocycles. The van der Waals surface area contributed by atoms with Crippen molar-refractivity contribution in [3.63, 3.8) is 0 Å². The number of amides is 1. The van der Waals surface area contributed by atoms with Crippen LogP contribution in [0, 0.1) is 0 Å². The van der Waals surface area contributed by atoms with Crippen molar-refractivity contribution in [3.05, 3.63) is 29.3 Å². The summed E-state index contributed by atoms with van der Waals surface area (Å²) in [5, 5.41) is 0. The van der Waals surface area contributed by atoms with Gasteiger partial charge in [0.25, 0.3) is 5.91 Å². The molecule has 0 aliphatic carbocycles. The Bertz CT molecular complexity index is 779. The number of rotatable bonds is 8. The molecule has 1 aromatic rings. The topological polar surface area (TPSA) is 84.0 Å². The van der Waals surface area contributed by atoms with Gasteiger partial charge in [0.05, 0.1) is 17.6 Å². The molecule has 0 unspecified atom stereocenters. The van der Waals surface area contributed by atoms with Gasteiger partial charge in [-0.1, -0.05) is 13.8 Å². The molecule has 27 heavy (non-hydrogen) atoms.